The number of aromatic carboxylic acids is 1. The van der Waals surface area contributed by atoms with Crippen molar-refractivity contribution in [1.82, 2.24) is 8.96 Å². The van der Waals surface area contributed by atoms with Crippen molar-refractivity contribution < 1.29 is 14.3 Å². The van der Waals surface area contributed by atoms with E-state index in [1.165, 1.54) is 19.2 Å². The standard InChI is InChI=1S/C10H8FIN2O2S/c1-4-6-3-7(10(15)16)14(17-12)9(6)13-5(2)8(4)11/h3H,1-2H3,(H,15,16). The molecule has 2 heterocycles. The Morgan fingerprint density at radius 3 is 2.76 bits per heavy atom. The maximum absolute atomic E-state index is 13.7. The van der Waals surface area contributed by atoms with Gasteiger partial charge in [0.15, 0.2) is 5.65 Å². The number of hydrogen-bond acceptors (Lipinski definition) is 3. The second kappa shape index (κ2) is 4.45. The summed E-state index contributed by atoms with van der Waals surface area (Å²) >= 11 is 1.97. The van der Waals surface area contributed by atoms with Crippen molar-refractivity contribution in [3.05, 3.63) is 28.8 Å². The lowest BCUT2D eigenvalue weighted by atomic mass is 10.1. The SMILES string of the molecule is Cc1nc2c(cc(C(=O)O)n2SI)c(C)c1F. The van der Waals surface area contributed by atoms with Gasteiger partial charge < -0.3 is 5.11 Å². The fourth-order valence-corrected chi connectivity index (χ4v) is 3.29. The van der Waals surface area contributed by atoms with Crippen molar-refractivity contribution in [2.24, 2.45) is 0 Å². The summed E-state index contributed by atoms with van der Waals surface area (Å²) < 4.78 is 15.2. The number of carboxylic acid groups (broad SMARTS) is 1. The Balaban J connectivity index is 2.92. The van der Waals surface area contributed by atoms with Crippen LogP contribution in [0.25, 0.3) is 11.0 Å². The Labute approximate surface area is 113 Å². The van der Waals surface area contributed by atoms with Crippen LogP contribution >= 0.6 is 30.3 Å². The van der Waals surface area contributed by atoms with Crippen molar-refractivity contribution >= 4 is 47.3 Å². The lowest BCUT2D eigenvalue weighted by molar-refractivity contribution is 0.0690. The average molecular weight is 366 g/mol. The first-order valence-corrected chi connectivity index (χ1v) is 7.99. The summed E-state index contributed by atoms with van der Waals surface area (Å²) in [6, 6.07) is 1.45. The smallest absolute Gasteiger partial charge is 0.353 e. The third kappa shape index (κ3) is 1.90. The summed E-state index contributed by atoms with van der Waals surface area (Å²) in [4.78, 5) is 15.2. The molecule has 0 fully saturated rings. The number of carbonyl (C=O) groups is 1. The number of pyridine rings is 1. The molecule has 0 saturated heterocycles. The van der Waals surface area contributed by atoms with Crippen molar-refractivity contribution in [2.75, 3.05) is 0 Å². The predicted octanol–water partition coefficient (Wildman–Crippen LogP) is 3.34. The molecular weight excluding hydrogens is 358 g/mol. The Bertz CT molecular complexity index is 627. The molecule has 2 aromatic rings. The fourth-order valence-electron chi connectivity index (χ4n) is 1.68. The number of carboxylic acids is 1. The summed E-state index contributed by atoms with van der Waals surface area (Å²) in [6.45, 7) is 3.19. The number of fused-ring (bicyclic) bond motifs is 1. The molecule has 90 valence electrons. The summed E-state index contributed by atoms with van der Waals surface area (Å²) in [6.07, 6.45) is 0. The van der Waals surface area contributed by atoms with E-state index in [2.05, 4.69) is 4.98 Å². The fraction of sp³-hybridized carbons (Fsp3) is 0.200. The Kier molecular flexibility index (Phi) is 3.30. The zero-order valence-electron chi connectivity index (χ0n) is 8.99. The minimum absolute atomic E-state index is 0.0972. The Morgan fingerprint density at radius 1 is 1.59 bits per heavy atom. The van der Waals surface area contributed by atoms with Gasteiger partial charge in [-0.15, -0.1) is 0 Å². The normalized spacial score (nSPS) is 11.1. The van der Waals surface area contributed by atoms with Crippen molar-refractivity contribution in [3.8, 4) is 0 Å². The van der Waals surface area contributed by atoms with Gasteiger partial charge in [0, 0.05) is 35.7 Å². The highest BCUT2D eigenvalue weighted by molar-refractivity contribution is 14.2. The van der Waals surface area contributed by atoms with Gasteiger partial charge in [0.1, 0.15) is 11.5 Å². The van der Waals surface area contributed by atoms with Crippen LogP contribution in [0, 0.1) is 19.7 Å². The second-order valence-corrected chi connectivity index (χ2v) is 5.26. The van der Waals surface area contributed by atoms with E-state index in [1.54, 1.807) is 13.8 Å². The van der Waals surface area contributed by atoms with E-state index in [9.17, 15) is 9.18 Å². The number of aromatic nitrogens is 2. The number of nitrogens with zero attached hydrogens (tertiary/aromatic N) is 2. The molecule has 0 aliphatic carbocycles. The monoisotopic (exact) mass is 366 g/mol. The van der Waals surface area contributed by atoms with E-state index in [-0.39, 0.29) is 17.2 Å². The highest BCUT2D eigenvalue weighted by Crippen LogP contribution is 2.30. The summed E-state index contributed by atoms with van der Waals surface area (Å²) in [5.41, 5.74) is 1.29. The van der Waals surface area contributed by atoms with Gasteiger partial charge in [0.2, 0.25) is 0 Å². The molecule has 0 amide bonds. The predicted molar refractivity (Wildman–Crippen MR) is 73.1 cm³/mol. The molecule has 7 heteroatoms. The largest absolute Gasteiger partial charge is 0.477 e. The molecule has 0 aliphatic rings. The van der Waals surface area contributed by atoms with E-state index < -0.39 is 5.97 Å². The highest BCUT2D eigenvalue weighted by Gasteiger charge is 2.19. The van der Waals surface area contributed by atoms with Gasteiger partial charge in [-0.3, -0.25) is 3.97 Å². The lowest BCUT2D eigenvalue weighted by Gasteiger charge is -2.04. The first-order chi connectivity index (χ1) is 7.97. The molecule has 17 heavy (non-hydrogen) atoms. The molecule has 0 bridgehead atoms. The number of hydrogen-bond donors (Lipinski definition) is 1. The van der Waals surface area contributed by atoms with Gasteiger partial charge in [-0.25, -0.2) is 14.2 Å². The molecule has 0 aromatic carbocycles. The van der Waals surface area contributed by atoms with Gasteiger partial charge >= 0.3 is 5.97 Å². The van der Waals surface area contributed by atoms with Gasteiger partial charge in [-0.1, -0.05) is 0 Å². The molecule has 2 rings (SSSR count). The zero-order chi connectivity index (χ0) is 12.7. The topological polar surface area (TPSA) is 55.1 Å². The van der Waals surface area contributed by atoms with Gasteiger partial charge in [-0.2, -0.15) is 0 Å². The minimum atomic E-state index is -1.05. The minimum Gasteiger partial charge on any atom is -0.477 e. The van der Waals surface area contributed by atoms with Crippen molar-refractivity contribution in [1.29, 1.82) is 0 Å². The average Bonchev–Trinajstić information content (AvgIpc) is 2.64. The molecule has 0 saturated carbocycles. The van der Waals surface area contributed by atoms with Crippen LogP contribution in [0.4, 0.5) is 4.39 Å². The molecule has 0 radical (unpaired) electrons. The van der Waals surface area contributed by atoms with Crippen molar-refractivity contribution in [3.63, 3.8) is 0 Å². The maximum Gasteiger partial charge on any atom is 0.353 e. The molecule has 1 N–H and O–H groups in total. The molecule has 0 spiro atoms. The van der Waals surface area contributed by atoms with E-state index in [0.717, 1.165) is 0 Å². The highest BCUT2D eigenvalue weighted by atomic mass is 127. The molecular formula is C10H8FIN2O2S. The van der Waals surface area contributed by atoms with Crippen LogP contribution in [-0.4, -0.2) is 20.0 Å². The Morgan fingerprint density at radius 2 is 2.24 bits per heavy atom. The van der Waals surface area contributed by atoms with Crippen LogP contribution < -0.4 is 0 Å². The van der Waals surface area contributed by atoms with Crippen molar-refractivity contribution in [2.45, 2.75) is 13.8 Å². The lowest BCUT2D eigenvalue weighted by Crippen LogP contribution is -2.02. The quantitative estimate of drug-likeness (QED) is 0.829. The van der Waals surface area contributed by atoms with Gasteiger partial charge in [-0.05, 0) is 25.5 Å². The molecule has 4 nitrogen and oxygen atoms in total. The molecule has 2 aromatic heterocycles. The first-order valence-electron chi connectivity index (χ1n) is 4.68. The van der Waals surface area contributed by atoms with E-state index >= 15 is 0 Å². The molecule has 0 aliphatic heterocycles. The van der Waals surface area contributed by atoms with Crippen LogP contribution in [0.2, 0.25) is 0 Å². The maximum atomic E-state index is 13.7. The van der Waals surface area contributed by atoms with Crippen LogP contribution in [0.3, 0.4) is 0 Å². The van der Waals surface area contributed by atoms with Crippen LogP contribution in [0.1, 0.15) is 21.7 Å². The molecule has 0 atom stereocenters. The summed E-state index contributed by atoms with van der Waals surface area (Å²) in [5.74, 6) is -1.44. The van der Waals surface area contributed by atoms with E-state index in [0.29, 0.717) is 16.6 Å². The van der Waals surface area contributed by atoms with Crippen LogP contribution in [-0.2, 0) is 0 Å². The van der Waals surface area contributed by atoms with E-state index in [1.807, 2.05) is 21.2 Å². The number of rotatable bonds is 2. The van der Waals surface area contributed by atoms with Gasteiger partial charge in [0.05, 0.1) is 5.69 Å². The van der Waals surface area contributed by atoms with Crippen LogP contribution in [0.5, 0.6) is 0 Å². The zero-order valence-corrected chi connectivity index (χ0v) is 12.0. The summed E-state index contributed by atoms with van der Waals surface area (Å²) in [5, 5.41) is 9.60. The Hall–Kier alpha value is -0.830. The van der Waals surface area contributed by atoms with Crippen LogP contribution in [0.15, 0.2) is 6.07 Å². The first kappa shape index (κ1) is 12.6. The third-order valence-electron chi connectivity index (χ3n) is 2.55. The second-order valence-electron chi connectivity index (χ2n) is 3.57. The third-order valence-corrected chi connectivity index (χ3v) is 4.24. The molecule has 0 unspecified atom stereocenters. The number of aryl methyl sites for hydroxylation is 2. The van der Waals surface area contributed by atoms with E-state index in [4.69, 9.17) is 5.11 Å². The summed E-state index contributed by atoms with van der Waals surface area (Å²) in [7, 11) is 1.20. The van der Waals surface area contributed by atoms with Gasteiger partial charge in [0.25, 0.3) is 0 Å². The number of halogens is 2.